The van der Waals surface area contributed by atoms with Gasteiger partial charge in [0.2, 0.25) is 0 Å². The Morgan fingerprint density at radius 1 is 0.920 bits per heavy atom. The molecule has 25 heavy (non-hydrogen) atoms. The minimum absolute atomic E-state index is 0.110. The summed E-state index contributed by atoms with van der Waals surface area (Å²) in [5, 5.41) is 10.3. The van der Waals surface area contributed by atoms with Gasteiger partial charge in [0.15, 0.2) is 6.10 Å². The Kier molecular flexibility index (Phi) is 5.11. The average Bonchev–Trinajstić information content (AvgIpc) is 2.67. The fraction of sp³-hybridized carbons (Fsp3) is 0.0952. The first kappa shape index (κ1) is 16.7. The number of anilines is 1. The quantitative estimate of drug-likeness (QED) is 0.551. The van der Waals surface area contributed by atoms with Crippen molar-refractivity contribution >= 4 is 11.7 Å². The predicted octanol–water partition coefficient (Wildman–Crippen LogP) is 3.71. The molecule has 126 valence electrons. The molecule has 0 bridgehead atoms. The van der Waals surface area contributed by atoms with Gasteiger partial charge in [0.1, 0.15) is 6.61 Å². The van der Waals surface area contributed by atoms with E-state index in [4.69, 9.17) is 10.5 Å². The van der Waals surface area contributed by atoms with Crippen LogP contribution in [0, 0.1) is 0 Å². The zero-order valence-corrected chi connectivity index (χ0v) is 13.6. The Hall–Kier alpha value is -3.11. The largest absolute Gasteiger partial charge is 0.459 e. The van der Waals surface area contributed by atoms with Crippen LogP contribution in [0.25, 0.3) is 11.1 Å². The van der Waals surface area contributed by atoms with E-state index in [-0.39, 0.29) is 6.61 Å². The molecule has 0 amide bonds. The zero-order chi connectivity index (χ0) is 17.6. The van der Waals surface area contributed by atoms with Crippen LogP contribution in [0.15, 0.2) is 78.9 Å². The molecule has 3 N–H and O–H groups in total. The average molecular weight is 333 g/mol. The fourth-order valence-electron chi connectivity index (χ4n) is 2.57. The lowest BCUT2D eigenvalue weighted by Gasteiger charge is -2.14. The van der Waals surface area contributed by atoms with Crippen LogP contribution in [0.3, 0.4) is 0 Å². The monoisotopic (exact) mass is 333 g/mol. The smallest absolute Gasteiger partial charge is 0.340 e. The Bertz CT molecular complexity index is 848. The Morgan fingerprint density at radius 3 is 2.20 bits per heavy atom. The van der Waals surface area contributed by atoms with E-state index >= 15 is 0 Å². The van der Waals surface area contributed by atoms with Crippen molar-refractivity contribution in [2.75, 3.05) is 5.73 Å². The summed E-state index contributed by atoms with van der Waals surface area (Å²) in [6, 6.07) is 24.3. The van der Waals surface area contributed by atoms with Gasteiger partial charge in [-0.3, -0.25) is 0 Å². The summed E-state index contributed by atoms with van der Waals surface area (Å²) in [6.07, 6.45) is -1.41. The highest BCUT2D eigenvalue weighted by Crippen LogP contribution is 2.28. The van der Waals surface area contributed by atoms with Gasteiger partial charge in [-0.2, -0.15) is 0 Å². The number of benzene rings is 3. The van der Waals surface area contributed by atoms with Gasteiger partial charge in [0.05, 0.1) is 0 Å². The summed E-state index contributed by atoms with van der Waals surface area (Å²) < 4.78 is 5.17. The molecule has 0 spiro atoms. The van der Waals surface area contributed by atoms with Gasteiger partial charge in [-0.15, -0.1) is 0 Å². The molecule has 0 saturated carbocycles. The summed E-state index contributed by atoms with van der Waals surface area (Å²) in [4.78, 5) is 12.1. The molecule has 1 unspecified atom stereocenters. The third kappa shape index (κ3) is 4.05. The van der Waals surface area contributed by atoms with Gasteiger partial charge < -0.3 is 15.6 Å². The van der Waals surface area contributed by atoms with Gasteiger partial charge in [-0.05, 0) is 22.8 Å². The molecule has 4 heteroatoms. The van der Waals surface area contributed by atoms with Gasteiger partial charge in [0.25, 0.3) is 0 Å². The highest BCUT2D eigenvalue weighted by molar-refractivity contribution is 5.80. The lowest BCUT2D eigenvalue weighted by molar-refractivity contribution is -0.155. The number of carbonyl (C=O) groups is 1. The molecule has 0 aliphatic heterocycles. The lowest BCUT2D eigenvalue weighted by atomic mass is 10.00. The molecule has 0 saturated heterocycles. The van der Waals surface area contributed by atoms with Crippen LogP contribution in [-0.4, -0.2) is 11.1 Å². The molecule has 3 aromatic rings. The number of esters is 1. The van der Waals surface area contributed by atoms with E-state index in [0.29, 0.717) is 11.3 Å². The first-order valence-corrected chi connectivity index (χ1v) is 7.98. The van der Waals surface area contributed by atoms with Crippen LogP contribution in [0.4, 0.5) is 5.69 Å². The molecule has 0 fully saturated rings. The Morgan fingerprint density at radius 2 is 1.56 bits per heavy atom. The van der Waals surface area contributed by atoms with Crippen molar-refractivity contribution in [2.45, 2.75) is 12.7 Å². The molecule has 0 aromatic heterocycles. The molecule has 3 aromatic carbocycles. The number of aliphatic hydroxyl groups excluding tert-OH is 1. The number of aliphatic hydroxyl groups is 1. The van der Waals surface area contributed by atoms with Crippen molar-refractivity contribution in [3.8, 4) is 11.1 Å². The highest BCUT2D eigenvalue weighted by atomic mass is 16.5. The van der Waals surface area contributed by atoms with E-state index in [0.717, 1.165) is 16.7 Å². The van der Waals surface area contributed by atoms with Crippen molar-refractivity contribution < 1.29 is 14.6 Å². The minimum Gasteiger partial charge on any atom is -0.459 e. The Labute approximate surface area is 146 Å². The fourth-order valence-corrected chi connectivity index (χ4v) is 2.57. The van der Waals surface area contributed by atoms with Crippen molar-refractivity contribution in [1.29, 1.82) is 0 Å². The van der Waals surface area contributed by atoms with E-state index in [1.807, 2.05) is 66.7 Å². The first-order valence-electron chi connectivity index (χ1n) is 7.98. The maximum Gasteiger partial charge on any atom is 0.340 e. The second kappa shape index (κ2) is 7.64. The summed E-state index contributed by atoms with van der Waals surface area (Å²) in [5.74, 6) is -0.719. The van der Waals surface area contributed by atoms with Gasteiger partial charge in [-0.1, -0.05) is 72.8 Å². The van der Waals surface area contributed by atoms with Crippen molar-refractivity contribution in [2.24, 2.45) is 0 Å². The van der Waals surface area contributed by atoms with Crippen molar-refractivity contribution in [3.05, 3.63) is 90.0 Å². The predicted molar refractivity (Wildman–Crippen MR) is 97.5 cm³/mol. The number of nitrogens with two attached hydrogens (primary N) is 1. The minimum atomic E-state index is -1.41. The number of ether oxygens (including phenoxy) is 1. The van der Waals surface area contributed by atoms with Crippen LogP contribution in [0.2, 0.25) is 0 Å². The number of hydrogen-bond donors (Lipinski definition) is 2. The van der Waals surface area contributed by atoms with Gasteiger partial charge >= 0.3 is 5.97 Å². The van der Waals surface area contributed by atoms with Gasteiger partial charge in [-0.25, -0.2) is 4.79 Å². The molecular weight excluding hydrogens is 314 g/mol. The number of hydrogen-bond acceptors (Lipinski definition) is 4. The first-order chi connectivity index (χ1) is 12.1. The summed E-state index contributed by atoms with van der Waals surface area (Å²) in [5.41, 5.74) is 9.53. The Balaban J connectivity index is 1.71. The van der Waals surface area contributed by atoms with E-state index in [2.05, 4.69) is 0 Å². The summed E-state index contributed by atoms with van der Waals surface area (Å²) in [7, 11) is 0. The van der Waals surface area contributed by atoms with Crippen LogP contribution < -0.4 is 5.73 Å². The summed E-state index contributed by atoms with van der Waals surface area (Å²) >= 11 is 0. The van der Waals surface area contributed by atoms with Crippen LogP contribution in [0.1, 0.15) is 17.2 Å². The molecule has 0 heterocycles. The molecule has 0 aliphatic rings. The maximum atomic E-state index is 12.1. The summed E-state index contributed by atoms with van der Waals surface area (Å²) in [6.45, 7) is 0.110. The highest BCUT2D eigenvalue weighted by Gasteiger charge is 2.21. The van der Waals surface area contributed by atoms with Crippen LogP contribution >= 0.6 is 0 Å². The number of nitrogen functional groups attached to an aromatic ring is 1. The van der Waals surface area contributed by atoms with E-state index in [1.165, 1.54) is 0 Å². The topological polar surface area (TPSA) is 72.5 Å². The third-order valence-electron chi connectivity index (χ3n) is 3.94. The van der Waals surface area contributed by atoms with E-state index < -0.39 is 12.1 Å². The standard InChI is InChI=1S/C21H19NO3/c22-19-13-17(16-9-5-2-6-10-16)11-12-18(19)20(23)21(24)25-14-15-7-3-1-4-8-15/h1-13,20,23H,14,22H2. The second-order valence-electron chi connectivity index (χ2n) is 5.71. The molecular formula is C21H19NO3. The molecule has 0 aliphatic carbocycles. The van der Waals surface area contributed by atoms with Crippen molar-refractivity contribution in [1.82, 2.24) is 0 Å². The van der Waals surface area contributed by atoms with E-state index in [1.54, 1.807) is 12.1 Å². The normalized spacial score (nSPS) is 11.7. The molecule has 4 nitrogen and oxygen atoms in total. The zero-order valence-electron chi connectivity index (χ0n) is 13.6. The lowest BCUT2D eigenvalue weighted by Crippen LogP contribution is -2.16. The SMILES string of the molecule is Nc1cc(-c2ccccc2)ccc1C(O)C(=O)OCc1ccccc1. The molecule has 1 atom stereocenters. The van der Waals surface area contributed by atoms with Crippen molar-refractivity contribution in [3.63, 3.8) is 0 Å². The maximum absolute atomic E-state index is 12.1. The third-order valence-corrected chi connectivity index (χ3v) is 3.94. The van der Waals surface area contributed by atoms with Crippen LogP contribution in [0.5, 0.6) is 0 Å². The van der Waals surface area contributed by atoms with Gasteiger partial charge in [0, 0.05) is 11.3 Å². The number of rotatable bonds is 5. The molecule has 3 rings (SSSR count). The molecule has 0 radical (unpaired) electrons. The van der Waals surface area contributed by atoms with E-state index in [9.17, 15) is 9.90 Å². The second-order valence-corrected chi connectivity index (χ2v) is 5.71. The van der Waals surface area contributed by atoms with Crippen LogP contribution in [-0.2, 0) is 16.1 Å². The number of carbonyl (C=O) groups excluding carboxylic acids is 1.